The largest absolute Gasteiger partial charge is 0.458 e. The van der Waals surface area contributed by atoms with E-state index in [0.717, 1.165) is 11.3 Å². The standard InChI is InChI=1S/C22H41NO3S2Si/c1-16(14-28-21(5,6)7)13-17(26-29(11,12)22(8,9)10)18(23-15-27)19(24)25-20(2,3)4/h13,17-18H,14H2,1-12H3/b16-13-. The molecule has 4 nitrogen and oxygen atoms in total. The molecule has 0 N–H and O–H groups in total. The first-order valence-electron chi connectivity index (χ1n) is 10.1. The molecule has 0 amide bonds. The van der Waals surface area contributed by atoms with E-state index in [1.807, 2.05) is 38.6 Å². The van der Waals surface area contributed by atoms with Gasteiger partial charge in [0.2, 0.25) is 0 Å². The molecule has 0 aromatic heterocycles. The predicted molar refractivity (Wildman–Crippen MR) is 133 cm³/mol. The second kappa shape index (κ2) is 10.7. The molecule has 168 valence electrons. The fourth-order valence-electron chi connectivity index (χ4n) is 2.04. The lowest BCUT2D eigenvalue weighted by Gasteiger charge is -2.39. The van der Waals surface area contributed by atoms with Crippen molar-refractivity contribution < 1.29 is 14.0 Å². The van der Waals surface area contributed by atoms with E-state index in [4.69, 9.17) is 21.4 Å². The van der Waals surface area contributed by atoms with Gasteiger partial charge in [0, 0.05) is 10.5 Å². The van der Waals surface area contributed by atoms with Crippen LogP contribution in [0.15, 0.2) is 16.6 Å². The molecule has 2 unspecified atom stereocenters. The average molecular weight is 460 g/mol. The van der Waals surface area contributed by atoms with Crippen LogP contribution >= 0.6 is 24.0 Å². The van der Waals surface area contributed by atoms with Gasteiger partial charge < -0.3 is 9.16 Å². The number of esters is 1. The number of nitrogens with zero attached hydrogens (tertiary/aromatic N) is 1. The summed E-state index contributed by atoms with van der Waals surface area (Å²) in [6.45, 7) is 25.0. The molecular formula is C22H41NO3S2Si. The molecule has 2 atom stereocenters. The summed E-state index contributed by atoms with van der Waals surface area (Å²) in [5.74, 6) is 0.412. The van der Waals surface area contributed by atoms with Crippen LogP contribution < -0.4 is 0 Å². The highest BCUT2D eigenvalue weighted by Crippen LogP contribution is 2.38. The zero-order valence-corrected chi connectivity index (χ0v) is 23.1. The van der Waals surface area contributed by atoms with Gasteiger partial charge in [0.1, 0.15) is 5.60 Å². The fraction of sp³-hybridized carbons (Fsp3) is 0.818. The van der Waals surface area contributed by atoms with Crippen LogP contribution in [0.3, 0.4) is 0 Å². The quantitative estimate of drug-likeness (QED) is 0.133. The third kappa shape index (κ3) is 11.5. The normalized spacial score (nSPS) is 16.1. The molecule has 0 heterocycles. The van der Waals surface area contributed by atoms with Gasteiger partial charge in [-0.25, -0.2) is 9.79 Å². The molecule has 29 heavy (non-hydrogen) atoms. The summed E-state index contributed by atoms with van der Waals surface area (Å²) < 4.78 is 12.4. The van der Waals surface area contributed by atoms with Gasteiger partial charge in [-0.2, -0.15) is 11.8 Å². The molecule has 0 bridgehead atoms. The van der Waals surface area contributed by atoms with Gasteiger partial charge in [0.05, 0.1) is 11.3 Å². The van der Waals surface area contributed by atoms with Crippen molar-refractivity contribution in [1.29, 1.82) is 0 Å². The maximum atomic E-state index is 12.9. The topological polar surface area (TPSA) is 47.9 Å². The maximum Gasteiger partial charge on any atom is 0.335 e. The van der Waals surface area contributed by atoms with Crippen molar-refractivity contribution in [2.24, 2.45) is 4.99 Å². The minimum Gasteiger partial charge on any atom is -0.458 e. The van der Waals surface area contributed by atoms with Crippen molar-refractivity contribution in [2.75, 3.05) is 5.75 Å². The molecule has 0 saturated heterocycles. The first kappa shape index (κ1) is 28.5. The monoisotopic (exact) mass is 459 g/mol. The maximum absolute atomic E-state index is 12.9. The second-order valence-corrected chi connectivity index (χ2v) is 17.7. The Labute approximate surface area is 189 Å². The van der Waals surface area contributed by atoms with E-state index in [9.17, 15) is 4.79 Å². The number of ether oxygens (including phenoxy) is 1. The van der Waals surface area contributed by atoms with Crippen LogP contribution in [-0.4, -0.2) is 47.7 Å². The average Bonchev–Trinajstić information content (AvgIpc) is 2.46. The summed E-state index contributed by atoms with van der Waals surface area (Å²) in [7, 11) is -2.17. The molecule has 0 radical (unpaired) electrons. The lowest BCUT2D eigenvalue weighted by atomic mass is 10.1. The van der Waals surface area contributed by atoms with E-state index in [0.29, 0.717) is 0 Å². The van der Waals surface area contributed by atoms with Crippen molar-refractivity contribution in [2.45, 2.75) is 110 Å². The zero-order chi connectivity index (χ0) is 23.3. The number of aliphatic imine (C=N–C) groups is 1. The molecule has 0 aliphatic rings. The van der Waals surface area contributed by atoms with Crippen LogP contribution in [0.4, 0.5) is 0 Å². The summed E-state index contributed by atoms with van der Waals surface area (Å²) in [5.41, 5.74) is 0.524. The Hall–Kier alpha value is -0.463. The van der Waals surface area contributed by atoms with Crippen molar-refractivity contribution >= 4 is 43.4 Å². The van der Waals surface area contributed by atoms with Crippen LogP contribution in [0.5, 0.6) is 0 Å². The predicted octanol–water partition coefficient (Wildman–Crippen LogP) is 6.67. The molecule has 0 saturated carbocycles. The van der Waals surface area contributed by atoms with E-state index < -0.39 is 32.0 Å². The molecule has 0 rings (SSSR count). The smallest absolute Gasteiger partial charge is 0.335 e. The minimum absolute atomic E-state index is 0.00692. The molecule has 0 aliphatic heterocycles. The van der Waals surface area contributed by atoms with E-state index >= 15 is 0 Å². The number of hydrogen-bond donors (Lipinski definition) is 0. The summed E-state index contributed by atoms with van der Waals surface area (Å²) in [5, 5.41) is 2.37. The van der Waals surface area contributed by atoms with Crippen molar-refractivity contribution in [1.82, 2.24) is 0 Å². The molecular weight excluding hydrogens is 418 g/mol. The molecule has 0 aromatic rings. The van der Waals surface area contributed by atoms with Crippen LogP contribution in [0.2, 0.25) is 18.1 Å². The second-order valence-electron chi connectivity index (χ2n) is 11.0. The Morgan fingerprint density at radius 2 is 1.66 bits per heavy atom. The highest BCUT2D eigenvalue weighted by atomic mass is 32.2. The Bertz CT molecular complexity index is 634. The highest BCUT2D eigenvalue weighted by Gasteiger charge is 2.42. The minimum atomic E-state index is -2.17. The number of thiocarbonyl (C=S) groups is 1. The Morgan fingerprint density at radius 3 is 2.03 bits per heavy atom. The fourth-order valence-corrected chi connectivity index (χ4v) is 4.15. The van der Waals surface area contributed by atoms with Crippen LogP contribution in [0.25, 0.3) is 0 Å². The van der Waals surface area contributed by atoms with Crippen LogP contribution in [-0.2, 0) is 14.0 Å². The summed E-state index contributed by atoms with van der Waals surface area (Å²) in [4.78, 5) is 17.1. The van der Waals surface area contributed by atoms with E-state index in [1.165, 1.54) is 0 Å². The van der Waals surface area contributed by atoms with Crippen LogP contribution in [0.1, 0.15) is 69.2 Å². The van der Waals surface area contributed by atoms with Crippen LogP contribution in [0, 0.1) is 0 Å². The van der Waals surface area contributed by atoms with Gasteiger partial charge in [-0.15, -0.1) is 0 Å². The molecule has 7 heteroatoms. The summed E-state index contributed by atoms with van der Waals surface area (Å²) in [6.07, 6.45) is 1.48. The van der Waals surface area contributed by atoms with Gasteiger partial charge in [0.25, 0.3) is 0 Å². The van der Waals surface area contributed by atoms with E-state index in [1.54, 1.807) is 0 Å². The molecule has 0 aromatic carbocycles. The lowest BCUT2D eigenvalue weighted by Crippen LogP contribution is -2.48. The molecule has 0 spiro atoms. The van der Waals surface area contributed by atoms with Gasteiger partial charge in [-0.3, -0.25) is 0 Å². The Kier molecular flexibility index (Phi) is 10.5. The van der Waals surface area contributed by atoms with Gasteiger partial charge in [-0.1, -0.05) is 53.2 Å². The molecule has 0 fully saturated rings. The van der Waals surface area contributed by atoms with E-state index in [2.05, 4.69) is 71.7 Å². The Balaban J connectivity index is 6.02. The number of hydrogen-bond acceptors (Lipinski definition) is 6. The summed E-state index contributed by atoms with van der Waals surface area (Å²) >= 11 is 6.70. The number of isothiocyanates is 1. The number of rotatable bonds is 8. The SMILES string of the molecule is C/C(=C/C(O[Si](C)(C)C(C)(C)C)C(N=C=S)C(=O)OC(C)(C)C)CSC(C)(C)C. The number of carbonyl (C=O) groups excluding carboxylic acids is 1. The van der Waals surface area contributed by atoms with Crippen molar-refractivity contribution in [3.05, 3.63) is 11.6 Å². The van der Waals surface area contributed by atoms with Gasteiger partial charge in [-0.05, 0) is 58.0 Å². The van der Waals surface area contributed by atoms with Crippen molar-refractivity contribution in [3.8, 4) is 0 Å². The lowest BCUT2D eigenvalue weighted by molar-refractivity contribution is -0.158. The zero-order valence-electron chi connectivity index (χ0n) is 20.4. The van der Waals surface area contributed by atoms with Gasteiger partial charge >= 0.3 is 5.97 Å². The first-order valence-corrected chi connectivity index (χ1v) is 14.4. The van der Waals surface area contributed by atoms with E-state index in [-0.39, 0.29) is 9.79 Å². The van der Waals surface area contributed by atoms with Gasteiger partial charge in [0.15, 0.2) is 14.4 Å². The van der Waals surface area contributed by atoms with Crippen molar-refractivity contribution in [3.63, 3.8) is 0 Å². The Morgan fingerprint density at radius 1 is 1.14 bits per heavy atom. The molecule has 0 aliphatic carbocycles. The third-order valence-corrected chi connectivity index (χ3v) is 10.6. The number of thioether (sulfide) groups is 1. The first-order chi connectivity index (χ1) is 12.8. The number of carbonyl (C=O) groups is 1. The summed E-state index contributed by atoms with van der Waals surface area (Å²) in [6, 6.07) is -0.865. The third-order valence-electron chi connectivity index (χ3n) is 4.57. The highest BCUT2D eigenvalue weighted by molar-refractivity contribution is 8.00.